The van der Waals surface area contributed by atoms with Crippen molar-refractivity contribution in [2.45, 2.75) is 45.2 Å². The third-order valence-electron chi connectivity index (χ3n) is 3.10. The normalized spacial score (nSPS) is 11.0. The summed E-state index contributed by atoms with van der Waals surface area (Å²) in [6.07, 6.45) is 3.72. The summed E-state index contributed by atoms with van der Waals surface area (Å²) in [6.45, 7) is 8.38. The summed E-state index contributed by atoms with van der Waals surface area (Å²) in [5.74, 6) is 0.876. The maximum Gasteiger partial charge on any atom is 0.256 e. The quantitative estimate of drug-likeness (QED) is 0.670. The van der Waals surface area contributed by atoms with Crippen LogP contribution in [0.1, 0.15) is 51.5 Å². The highest BCUT2D eigenvalue weighted by molar-refractivity contribution is 7.98. The lowest BCUT2D eigenvalue weighted by Crippen LogP contribution is -2.25. The minimum atomic E-state index is -0.136. The summed E-state index contributed by atoms with van der Waals surface area (Å²) in [6, 6.07) is 0. The fourth-order valence-corrected chi connectivity index (χ4v) is 3.34. The van der Waals surface area contributed by atoms with Crippen LogP contribution in [0.25, 0.3) is 0 Å². The Kier molecular flexibility index (Phi) is 5.52. The second-order valence-corrected chi connectivity index (χ2v) is 7.35. The number of aromatic nitrogens is 3. The number of carbonyl (C=O) groups is 1. The highest BCUT2D eigenvalue weighted by atomic mass is 32.2. The molecule has 0 fully saturated rings. The number of thioether (sulfide) groups is 1. The molecule has 1 amide bonds. The van der Waals surface area contributed by atoms with Gasteiger partial charge < -0.3 is 5.32 Å². The second kappa shape index (κ2) is 7.19. The molecule has 0 unspecified atom stereocenters. The summed E-state index contributed by atoms with van der Waals surface area (Å²) < 4.78 is 0. The van der Waals surface area contributed by atoms with E-state index in [-0.39, 0.29) is 11.8 Å². The van der Waals surface area contributed by atoms with E-state index in [1.165, 1.54) is 11.8 Å². The molecule has 0 spiro atoms. The van der Waals surface area contributed by atoms with Gasteiger partial charge in [-0.1, -0.05) is 13.8 Å². The zero-order chi connectivity index (χ0) is 16.3. The molecule has 7 heteroatoms. The Morgan fingerprint density at radius 2 is 2.09 bits per heavy atom. The van der Waals surface area contributed by atoms with Crippen molar-refractivity contribution < 1.29 is 4.79 Å². The van der Waals surface area contributed by atoms with Gasteiger partial charge in [0.25, 0.3) is 5.91 Å². The fraction of sp³-hybridized carbons (Fsp3) is 0.467. The lowest BCUT2D eigenvalue weighted by Gasteiger charge is -2.13. The Bertz CT molecular complexity index is 682. The zero-order valence-electron chi connectivity index (χ0n) is 13.4. The van der Waals surface area contributed by atoms with Crippen molar-refractivity contribution >= 4 is 29.0 Å². The molecule has 1 N–H and O–H groups in total. The summed E-state index contributed by atoms with van der Waals surface area (Å²) >= 11 is 3.06. The van der Waals surface area contributed by atoms with Crippen LogP contribution < -0.4 is 5.32 Å². The molecule has 2 aromatic rings. The first-order valence-electron chi connectivity index (χ1n) is 7.04. The van der Waals surface area contributed by atoms with Gasteiger partial charge in [0.05, 0.1) is 22.8 Å². The van der Waals surface area contributed by atoms with Crippen molar-refractivity contribution in [3.8, 4) is 0 Å². The van der Waals surface area contributed by atoms with Gasteiger partial charge in [0.15, 0.2) is 0 Å². The minimum absolute atomic E-state index is 0.136. The van der Waals surface area contributed by atoms with Crippen molar-refractivity contribution in [1.82, 2.24) is 20.3 Å². The van der Waals surface area contributed by atoms with E-state index in [0.717, 1.165) is 26.4 Å². The van der Waals surface area contributed by atoms with Crippen molar-refractivity contribution in [2.75, 3.05) is 6.26 Å². The average Bonchev–Trinajstić information content (AvgIpc) is 2.89. The van der Waals surface area contributed by atoms with E-state index in [0.29, 0.717) is 12.1 Å². The van der Waals surface area contributed by atoms with Gasteiger partial charge in [0, 0.05) is 17.0 Å². The summed E-state index contributed by atoms with van der Waals surface area (Å²) in [4.78, 5) is 26.7. The molecule has 0 bridgehead atoms. The molecule has 0 aliphatic carbocycles. The van der Waals surface area contributed by atoms with Crippen LogP contribution in [0.4, 0.5) is 0 Å². The number of nitrogens with one attached hydrogen (secondary N) is 1. The Labute approximate surface area is 139 Å². The number of rotatable bonds is 5. The monoisotopic (exact) mass is 336 g/mol. The third-order valence-corrected chi connectivity index (χ3v) is 4.70. The third kappa shape index (κ3) is 3.84. The average molecular weight is 336 g/mol. The van der Waals surface area contributed by atoms with Crippen LogP contribution in [0.3, 0.4) is 0 Å². The molecule has 0 aliphatic heterocycles. The predicted octanol–water partition coefficient (Wildman–Crippen LogP) is 3.33. The van der Waals surface area contributed by atoms with Gasteiger partial charge in [-0.2, -0.15) is 0 Å². The first kappa shape index (κ1) is 16.9. The summed E-state index contributed by atoms with van der Waals surface area (Å²) in [5, 5.41) is 4.66. The van der Waals surface area contributed by atoms with Crippen LogP contribution in [-0.2, 0) is 6.54 Å². The number of hydrogen-bond donors (Lipinski definition) is 1. The topological polar surface area (TPSA) is 67.8 Å². The van der Waals surface area contributed by atoms with Gasteiger partial charge in [0.1, 0.15) is 10.9 Å². The number of thiazole rings is 1. The smallest absolute Gasteiger partial charge is 0.256 e. The highest BCUT2D eigenvalue weighted by Crippen LogP contribution is 2.23. The predicted molar refractivity (Wildman–Crippen MR) is 90.7 cm³/mol. The Morgan fingerprint density at radius 1 is 1.36 bits per heavy atom. The van der Waals surface area contributed by atoms with E-state index in [1.807, 2.05) is 34.0 Å². The van der Waals surface area contributed by atoms with Crippen LogP contribution in [0.5, 0.6) is 0 Å². The summed E-state index contributed by atoms with van der Waals surface area (Å²) in [5.41, 5.74) is 1.29. The summed E-state index contributed by atoms with van der Waals surface area (Å²) in [7, 11) is 0. The van der Waals surface area contributed by atoms with Crippen LogP contribution in [-0.4, -0.2) is 27.1 Å². The van der Waals surface area contributed by atoms with E-state index in [9.17, 15) is 4.79 Å². The van der Waals surface area contributed by atoms with Crippen LogP contribution in [0, 0.1) is 13.8 Å². The number of aryl methyl sites for hydroxylation is 2. The molecule has 2 heterocycles. The standard InChI is InChI=1S/C15H20N4OS2/c1-8(2)13-18-9(3)12(15(19-13)21-5)14(20)17-7-11-6-16-10(4)22-11/h6,8H,7H2,1-5H3,(H,17,20). The van der Waals surface area contributed by atoms with Gasteiger partial charge in [0.2, 0.25) is 0 Å². The van der Waals surface area contributed by atoms with Crippen molar-refractivity contribution in [1.29, 1.82) is 0 Å². The SMILES string of the molecule is CSc1nc(C(C)C)nc(C)c1C(=O)NCc1cnc(C)s1. The lowest BCUT2D eigenvalue weighted by atomic mass is 10.1. The first-order chi connectivity index (χ1) is 10.4. The van der Waals surface area contributed by atoms with Crippen LogP contribution in [0.15, 0.2) is 11.2 Å². The van der Waals surface area contributed by atoms with Crippen LogP contribution >= 0.6 is 23.1 Å². The molecule has 118 valence electrons. The Balaban J connectivity index is 2.21. The number of hydrogen-bond acceptors (Lipinski definition) is 6. The van der Waals surface area contributed by atoms with E-state index in [2.05, 4.69) is 20.3 Å². The van der Waals surface area contributed by atoms with Gasteiger partial charge in [-0.25, -0.2) is 15.0 Å². The molecule has 0 saturated carbocycles. The maximum absolute atomic E-state index is 12.5. The molecular formula is C15H20N4OS2. The van der Waals surface area contributed by atoms with E-state index < -0.39 is 0 Å². The van der Waals surface area contributed by atoms with Gasteiger partial charge in [-0.3, -0.25) is 4.79 Å². The molecule has 0 atom stereocenters. The first-order valence-corrected chi connectivity index (χ1v) is 9.08. The fourth-order valence-electron chi connectivity index (χ4n) is 1.98. The zero-order valence-corrected chi connectivity index (χ0v) is 15.1. The number of amides is 1. The molecule has 22 heavy (non-hydrogen) atoms. The highest BCUT2D eigenvalue weighted by Gasteiger charge is 2.19. The molecule has 2 aromatic heterocycles. The Morgan fingerprint density at radius 3 is 2.64 bits per heavy atom. The number of carbonyl (C=O) groups excluding carboxylic acids is 1. The van der Waals surface area contributed by atoms with E-state index >= 15 is 0 Å². The van der Waals surface area contributed by atoms with Crippen molar-refractivity contribution in [3.05, 3.63) is 33.2 Å². The largest absolute Gasteiger partial charge is 0.347 e. The molecule has 2 rings (SSSR count). The van der Waals surface area contributed by atoms with Crippen LogP contribution in [0.2, 0.25) is 0 Å². The molecule has 0 aliphatic rings. The van der Waals surface area contributed by atoms with Crippen molar-refractivity contribution in [3.63, 3.8) is 0 Å². The minimum Gasteiger partial charge on any atom is -0.347 e. The van der Waals surface area contributed by atoms with E-state index in [1.54, 1.807) is 17.5 Å². The van der Waals surface area contributed by atoms with E-state index in [4.69, 9.17) is 0 Å². The second-order valence-electron chi connectivity index (χ2n) is 5.23. The van der Waals surface area contributed by atoms with Gasteiger partial charge >= 0.3 is 0 Å². The molecule has 0 aromatic carbocycles. The molecule has 0 radical (unpaired) electrons. The van der Waals surface area contributed by atoms with Crippen molar-refractivity contribution in [2.24, 2.45) is 0 Å². The Hall–Kier alpha value is -1.47. The molecule has 0 saturated heterocycles. The molecular weight excluding hydrogens is 316 g/mol. The maximum atomic E-state index is 12.5. The number of nitrogens with zero attached hydrogens (tertiary/aromatic N) is 3. The van der Waals surface area contributed by atoms with Gasteiger partial charge in [-0.15, -0.1) is 23.1 Å². The lowest BCUT2D eigenvalue weighted by molar-refractivity contribution is 0.0946. The van der Waals surface area contributed by atoms with Gasteiger partial charge in [-0.05, 0) is 20.1 Å². The molecule has 5 nitrogen and oxygen atoms in total.